The largest absolute Gasteiger partial charge is 0.493 e. The third-order valence-corrected chi connectivity index (χ3v) is 4.59. The molecule has 0 bridgehead atoms. The number of methoxy groups -OCH3 is 1. The van der Waals surface area contributed by atoms with Crippen LogP contribution in [0.25, 0.3) is 0 Å². The number of aliphatic carboxylic acids is 2. The van der Waals surface area contributed by atoms with Gasteiger partial charge in [-0.05, 0) is 12.1 Å². The van der Waals surface area contributed by atoms with E-state index in [1.807, 2.05) is 24.3 Å². The van der Waals surface area contributed by atoms with Gasteiger partial charge in [0.15, 0.2) is 18.1 Å². The Labute approximate surface area is 176 Å². The Morgan fingerprint density at radius 3 is 2.43 bits per heavy atom. The van der Waals surface area contributed by atoms with E-state index >= 15 is 0 Å². The maximum Gasteiger partial charge on any atom is 0.414 e. The molecule has 1 aliphatic heterocycles. The summed E-state index contributed by atoms with van der Waals surface area (Å²) in [5.74, 6) is -0.953. The molecule has 0 atom stereocenters. The van der Waals surface area contributed by atoms with Crippen molar-refractivity contribution in [3.8, 4) is 11.5 Å². The highest BCUT2D eigenvalue weighted by molar-refractivity contribution is 7.99. The molecule has 1 saturated heterocycles. The van der Waals surface area contributed by atoms with Crippen LogP contribution in [0.1, 0.15) is 5.89 Å². The highest BCUT2D eigenvalue weighted by Gasteiger charge is 2.12. The van der Waals surface area contributed by atoms with Crippen LogP contribution in [-0.2, 0) is 20.9 Å². The van der Waals surface area contributed by atoms with Crippen LogP contribution >= 0.6 is 11.8 Å². The third kappa shape index (κ3) is 8.27. The second-order valence-corrected chi connectivity index (χ2v) is 6.86. The zero-order chi connectivity index (χ0) is 21.8. The quantitative estimate of drug-likeness (QED) is 0.449. The summed E-state index contributed by atoms with van der Waals surface area (Å²) in [5, 5.41) is 23.4. The molecule has 0 radical (unpaired) electrons. The first-order valence-corrected chi connectivity index (χ1v) is 9.95. The van der Waals surface area contributed by atoms with Gasteiger partial charge in [-0.3, -0.25) is 4.90 Å². The number of para-hydroxylation sites is 2. The summed E-state index contributed by atoms with van der Waals surface area (Å²) >= 11 is 1.56. The van der Waals surface area contributed by atoms with Crippen LogP contribution in [-0.4, -0.2) is 83.0 Å². The number of nitrogens with zero attached hydrogens (tertiary/aromatic N) is 3. The molecule has 0 amide bonds. The molecule has 1 aromatic carbocycles. The van der Waals surface area contributed by atoms with Crippen LogP contribution < -0.4 is 9.47 Å². The van der Waals surface area contributed by atoms with Gasteiger partial charge in [0.25, 0.3) is 11.1 Å². The van der Waals surface area contributed by atoms with E-state index in [4.69, 9.17) is 38.4 Å². The minimum absolute atomic E-state index is 0.220. The molecule has 164 valence electrons. The Kier molecular flexibility index (Phi) is 9.91. The van der Waals surface area contributed by atoms with E-state index < -0.39 is 11.9 Å². The molecule has 2 heterocycles. The maximum absolute atomic E-state index is 9.10. The summed E-state index contributed by atoms with van der Waals surface area (Å²) < 4.78 is 21.9. The number of thioether (sulfide) groups is 1. The predicted molar refractivity (Wildman–Crippen MR) is 105 cm³/mol. The molecular formula is C18H23N3O8S. The predicted octanol–water partition coefficient (Wildman–Crippen LogP) is 1.24. The lowest BCUT2D eigenvalue weighted by Crippen LogP contribution is -2.37. The van der Waals surface area contributed by atoms with Crippen LogP contribution in [0.15, 0.2) is 33.9 Å². The van der Waals surface area contributed by atoms with Gasteiger partial charge in [0.05, 0.1) is 20.3 Å². The van der Waals surface area contributed by atoms with Gasteiger partial charge in [-0.15, -0.1) is 10.2 Å². The van der Waals surface area contributed by atoms with Crippen molar-refractivity contribution in [2.45, 2.75) is 11.8 Å². The van der Waals surface area contributed by atoms with E-state index in [1.54, 1.807) is 18.9 Å². The van der Waals surface area contributed by atoms with E-state index in [1.165, 1.54) is 0 Å². The molecule has 1 fully saturated rings. The summed E-state index contributed by atoms with van der Waals surface area (Å²) in [5.41, 5.74) is 0. The van der Waals surface area contributed by atoms with Crippen LogP contribution in [0.2, 0.25) is 0 Å². The molecule has 12 heteroatoms. The second kappa shape index (κ2) is 12.7. The van der Waals surface area contributed by atoms with Gasteiger partial charge >= 0.3 is 11.9 Å². The highest BCUT2D eigenvalue weighted by Crippen LogP contribution is 2.26. The van der Waals surface area contributed by atoms with Crippen LogP contribution in [0.3, 0.4) is 0 Å². The number of carboxylic acids is 2. The monoisotopic (exact) mass is 441 g/mol. The smallest absolute Gasteiger partial charge is 0.414 e. The molecule has 2 N–H and O–H groups in total. The fourth-order valence-electron chi connectivity index (χ4n) is 2.32. The molecule has 1 aliphatic rings. The summed E-state index contributed by atoms with van der Waals surface area (Å²) in [6.45, 7) is 4.82. The number of hydrogen-bond acceptors (Lipinski definition) is 10. The lowest BCUT2D eigenvalue weighted by atomic mass is 10.3. The first kappa shape index (κ1) is 23.4. The fourth-order valence-corrected chi connectivity index (χ4v) is 3.10. The van der Waals surface area contributed by atoms with Crippen LogP contribution in [0.4, 0.5) is 0 Å². The van der Waals surface area contributed by atoms with Crippen molar-refractivity contribution in [3.63, 3.8) is 0 Å². The Morgan fingerprint density at radius 2 is 1.80 bits per heavy atom. The van der Waals surface area contributed by atoms with Crippen molar-refractivity contribution in [1.82, 2.24) is 15.1 Å². The molecule has 0 saturated carbocycles. The van der Waals surface area contributed by atoms with Crippen molar-refractivity contribution in [1.29, 1.82) is 0 Å². The van der Waals surface area contributed by atoms with Gasteiger partial charge in [-0.2, -0.15) is 0 Å². The van der Waals surface area contributed by atoms with Crippen molar-refractivity contribution >= 4 is 23.7 Å². The number of hydrogen-bond donors (Lipinski definition) is 2. The van der Waals surface area contributed by atoms with Crippen LogP contribution in [0, 0.1) is 0 Å². The molecule has 30 heavy (non-hydrogen) atoms. The number of carbonyl (C=O) groups is 2. The van der Waals surface area contributed by atoms with E-state index in [0.29, 0.717) is 22.6 Å². The molecule has 11 nitrogen and oxygen atoms in total. The first-order chi connectivity index (χ1) is 14.5. The number of aromatic nitrogens is 2. The average molecular weight is 441 g/mol. The van der Waals surface area contributed by atoms with Crippen molar-refractivity contribution in [3.05, 3.63) is 30.2 Å². The van der Waals surface area contributed by atoms with Crippen molar-refractivity contribution < 1.29 is 38.4 Å². The lowest BCUT2D eigenvalue weighted by molar-refractivity contribution is -0.159. The number of morpholine rings is 1. The summed E-state index contributed by atoms with van der Waals surface area (Å²) in [7, 11) is 1.61. The number of carboxylic acid groups (broad SMARTS) is 2. The second-order valence-electron chi connectivity index (χ2n) is 5.81. The van der Waals surface area contributed by atoms with E-state index in [0.717, 1.165) is 38.6 Å². The van der Waals surface area contributed by atoms with E-state index in [9.17, 15) is 0 Å². The Morgan fingerprint density at radius 1 is 1.13 bits per heavy atom. The molecule has 2 aromatic rings. The van der Waals surface area contributed by atoms with Gasteiger partial charge in [0.2, 0.25) is 0 Å². The summed E-state index contributed by atoms with van der Waals surface area (Å²) in [6, 6.07) is 7.46. The van der Waals surface area contributed by atoms with Gasteiger partial charge in [-0.25, -0.2) is 9.59 Å². The maximum atomic E-state index is 9.10. The normalized spacial score (nSPS) is 13.8. The molecule has 1 aromatic heterocycles. The SMILES string of the molecule is COc1ccccc1OCc1nnc(SCCN2CCOCC2)o1.O=C(O)C(=O)O. The van der Waals surface area contributed by atoms with Crippen molar-refractivity contribution in [2.24, 2.45) is 0 Å². The topological polar surface area (TPSA) is 144 Å². The van der Waals surface area contributed by atoms with Gasteiger partial charge in [0, 0.05) is 25.4 Å². The van der Waals surface area contributed by atoms with Crippen LogP contribution in [0.5, 0.6) is 11.5 Å². The number of rotatable bonds is 8. The van der Waals surface area contributed by atoms with Crippen molar-refractivity contribution in [2.75, 3.05) is 45.7 Å². The van der Waals surface area contributed by atoms with E-state index in [-0.39, 0.29) is 6.61 Å². The number of benzene rings is 1. The molecule has 0 spiro atoms. The Balaban J connectivity index is 0.000000469. The molecule has 0 aliphatic carbocycles. The summed E-state index contributed by atoms with van der Waals surface area (Å²) in [4.78, 5) is 20.6. The third-order valence-electron chi connectivity index (χ3n) is 3.79. The first-order valence-electron chi connectivity index (χ1n) is 8.97. The zero-order valence-electron chi connectivity index (χ0n) is 16.4. The van der Waals surface area contributed by atoms with Gasteiger partial charge < -0.3 is 28.8 Å². The summed E-state index contributed by atoms with van der Waals surface area (Å²) in [6.07, 6.45) is 0. The molecule has 3 rings (SSSR count). The lowest BCUT2D eigenvalue weighted by Gasteiger charge is -2.25. The van der Waals surface area contributed by atoms with Gasteiger partial charge in [0.1, 0.15) is 0 Å². The number of ether oxygens (including phenoxy) is 3. The fraction of sp³-hybridized carbons (Fsp3) is 0.444. The Bertz CT molecular complexity index is 798. The molecule has 0 unspecified atom stereocenters. The zero-order valence-corrected chi connectivity index (χ0v) is 17.2. The minimum Gasteiger partial charge on any atom is -0.493 e. The molecular weight excluding hydrogens is 418 g/mol. The average Bonchev–Trinajstić information content (AvgIpc) is 3.21. The van der Waals surface area contributed by atoms with E-state index in [2.05, 4.69) is 15.1 Å². The van der Waals surface area contributed by atoms with Gasteiger partial charge in [-0.1, -0.05) is 23.9 Å². The highest BCUT2D eigenvalue weighted by atomic mass is 32.2. The Hall–Kier alpha value is -2.83. The standard InChI is InChI=1S/C16H21N3O4S.C2H2O4/c1-20-13-4-2-3-5-14(13)22-12-15-17-18-16(23-15)24-11-8-19-6-9-21-10-7-19;3-1(4)2(5)6/h2-5H,6-12H2,1H3;(H,3,4)(H,5,6). The minimum atomic E-state index is -1.82.